The number of rotatable bonds is 4. The zero-order chi connectivity index (χ0) is 18.7. The topological polar surface area (TPSA) is 47.5 Å². The van der Waals surface area contributed by atoms with Crippen LogP contribution in [0.4, 0.5) is 10.3 Å². The number of benzene rings is 2. The van der Waals surface area contributed by atoms with E-state index in [1.165, 1.54) is 12.1 Å². The largest absolute Gasteiger partial charge is 0.439 e. The van der Waals surface area contributed by atoms with Crippen molar-refractivity contribution in [3.05, 3.63) is 78.2 Å². The SMILES string of the molecule is CC1(c2ccccc2)CN(c2nccc(Oc3ccc(F)cc3)n2)CCO1. The van der Waals surface area contributed by atoms with E-state index in [9.17, 15) is 4.39 Å². The van der Waals surface area contributed by atoms with E-state index in [1.807, 2.05) is 18.2 Å². The average Bonchev–Trinajstić information content (AvgIpc) is 2.71. The van der Waals surface area contributed by atoms with Gasteiger partial charge in [-0.15, -0.1) is 0 Å². The molecule has 0 spiro atoms. The summed E-state index contributed by atoms with van der Waals surface area (Å²) in [6.45, 7) is 3.99. The van der Waals surface area contributed by atoms with E-state index in [-0.39, 0.29) is 5.82 Å². The summed E-state index contributed by atoms with van der Waals surface area (Å²) in [5.41, 5.74) is 0.685. The third-order valence-corrected chi connectivity index (χ3v) is 4.60. The van der Waals surface area contributed by atoms with Crippen LogP contribution in [-0.2, 0) is 10.3 Å². The first-order chi connectivity index (χ1) is 13.1. The van der Waals surface area contributed by atoms with Gasteiger partial charge in [0.2, 0.25) is 11.8 Å². The molecule has 0 radical (unpaired) electrons. The molecule has 5 nitrogen and oxygen atoms in total. The lowest BCUT2D eigenvalue weighted by molar-refractivity contribution is -0.0470. The quantitative estimate of drug-likeness (QED) is 0.695. The predicted octanol–water partition coefficient (Wildman–Crippen LogP) is 4.16. The number of hydrogen-bond acceptors (Lipinski definition) is 5. The fourth-order valence-corrected chi connectivity index (χ4v) is 3.17. The van der Waals surface area contributed by atoms with Gasteiger partial charge in [-0.1, -0.05) is 30.3 Å². The normalized spacial score (nSPS) is 19.7. The fourth-order valence-electron chi connectivity index (χ4n) is 3.17. The molecule has 0 aliphatic carbocycles. The second-order valence-electron chi connectivity index (χ2n) is 6.62. The van der Waals surface area contributed by atoms with Crippen molar-refractivity contribution in [3.8, 4) is 11.6 Å². The molecule has 0 N–H and O–H groups in total. The zero-order valence-corrected chi connectivity index (χ0v) is 15.0. The van der Waals surface area contributed by atoms with E-state index in [1.54, 1.807) is 24.4 Å². The molecule has 1 aliphatic heterocycles. The number of morpholine rings is 1. The average molecular weight is 365 g/mol. The van der Waals surface area contributed by atoms with E-state index in [4.69, 9.17) is 9.47 Å². The van der Waals surface area contributed by atoms with Gasteiger partial charge in [0.1, 0.15) is 17.2 Å². The molecule has 1 aliphatic rings. The minimum absolute atomic E-state index is 0.306. The summed E-state index contributed by atoms with van der Waals surface area (Å²) in [6.07, 6.45) is 1.66. The number of ether oxygens (including phenoxy) is 2. The first-order valence-electron chi connectivity index (χ1n) is 8.83. The second kappa shape index (κ2) is 7.32. The standard InChI is InChI=1S/C21H20FN3O2/c1-21(16-5-3-2-4-6-16)15-25(13-14-26-21)20-23-12-11-19(24-20)27-18-9-7-17(22)8-10-18/h2-12H,13-15H2,1H3. The van der Waals surface area contributed by atoms with Gasteiger partial charge in [0.15, 0.2) is 0 Å². The molecule has 1 saturated heterocycles. The van der Waals surface area contributed by atoms with E-state index in [0.29, 0.717) is 37.3 Å². The number of hydrogen-bond donors (Lipinski definition) is 0. The molecule has 0 amide bonds. The minimum Gasteiger partial charge on any atom is -0.439 e. The van der Waals surface area contributed by atoms with E-state index in [0.717, 1.165) is 5.56 Å². The summed E-state index contributed by atoms with van der Waals surface area (Å²) in [4.78, 5) is 11.0. The highest BCUT2D eigenvalue weighted by Gasteiger charge is 2.34. The van der Waals surface area contributed by atoms with Crippen LogP contribution >= 0.6 is 0 Å². The first-order valence-corrected chi connectivity index (χ1v) is 8.83. The highest BCUT2D eigenvalue weighted by molar-refractivity contribution is 5.37. The van der Waals surface area contributed by atoms with Crippen molar-refractivity contribution in [1.82, 2.24) is 9.97 Å². The Morgan fingerprint density at radius 3 is 2.63 bits per heavy atom. The molecular weight excluding hydrogens is 345 g/mol. The Bertz CT molecular complexity index is 905. The lowest BCUT2D eigenvalue weighted by Gasteiger charge is -2.40. The summed E-state index contributed by atoms with van der Waals surface area (Å²) < 4.78 is 24.8. The molecule has 2 heterocycles. The highest BCUT2D eigenvalue weighted by atomic mass is 19.1. The van der Waals surface area contributed by atoms with Gasteiger partial charge in [0, 0.05) is 18.8 Å². The van der Waals surface area contributed by atoms with Crippen molar-refractivity contribution >= 4 is 5.95 Å². The Labute approximate surface area is 157 Å². The fraction of sp³-hybridized carbons (Fsp3) is 0.238. The van der Waals surface area contributed by atoms with E-state index >= 15 is 0 Å². The van der Waals surface area contributed by atoms with Gasteiger partial charge < -0.3 is 14.4 Å². The molecule has 0 bridgehead atoms. The van der Waals surface area contributed by atoms with Crippen LogP contribution in [0.2, 0.25) is 0 Å². The maximum atomic E-state index is 13.0. The van der Waals surface area contributed by atoms with Crippen molar-refractivity contribution in [2.24, 2.45) is 0 Å². The van der Waals surface area contributed by atoms with Crippen LogP contribution < -0.4 is 9.64 Å². The van der Waals surface area contributed by atoms with Crippen molar-refractivity contribution < 1.29 is 13.9 Å². The van der Waals surface area contributed by atoms with Crippen LogP contribution in [0.25, 0.3) is 0 Å². The number of anilines is 1. The number of nitrogens with zero attached hydrogens (tertiary/aromatic N) is 3. The molecule has 3 aromatic rings. The summed E-state index contributed by atoms with van der Waals surface area (Å²) in [6, 6.07) is 17.7. The van der Waals surface area contributed by atoms with Gasteiger partial charge >= 0.3 is 0 Å². The summed E-state index contributed by atoms with van der Waals surface area (Å²) in [7, 11) is 0. The number of halogens is 1. The van der Waals surface area contributed by atoms with Crippen LogP contribution in [0.3, 0.4) is 0 Å². The maximum Gasteiger partial charge on any atom is 0.228 e. The van der Waals surface area contributed by atoms with Crippen LogP contribution in [0.15, 0.2) is 66.9 Å². The van der Waals surface area contributed by atoms with Gasteiger partial charge in [0.05, 0.1) is 13.2 Å². The van der Waals surface area contributed by atoms with Crippen molar-refractivity contribution in [2.45, 2.75) is 12.5 Å². The lowest BCUT2D eigenvalue weighted by atomic mass is 9.94. The van der Waals surface area contributed by atoms with Crippen LogP contribution in [-0.4, -0.2) is 29.7 Å². The molecule has 138 valence electrons. The molecule has 1 fully saturated rings. The Balaban J connectivity index is 1.53. The summed E-state index contributed by atoms with van der Waals surface area (Å²) in [5, 5.41) is 0. The summed E-state index contributed by atoms with van der Waals surface area (Å²) in [5.74, 6) is 1.22. The molecule has 27 heavy (non-hydrogen) atoms. The van der Waals surface area contributed by atoms with E-state index < -0.39 is 5.60 Å². The molecule has 4 rings (SSSR count). The Hall–Kier alpha value is -2.99. The number of aromatic nitrogens is 2. The molecule has 1 unspecified atom stereocenters. The maximum absolute atomic E-state index is 13.0. The molecule has 0 saturated carbocycles. The van der Waals surface area contributed by atoms with Crippen molar-refractivity contribution in [1.29, 1.82) is 0 Å². The third kappa shape index (κ3) is 3.90. The van der Waals surface area contributed by atoms with Gasteiger partial charge in [-0.2, -0.15) is 4.98 Å². The molecule has 2 aromatic carbocycles. The van der Waals surface area contributed by atoms with Crippen molar-refractivity contribution in [3.63, 3.8) is 0 Å². The van der Waals surface area contributed by atoms with Gasteiger partial charge in [0.25, 0.3) is 0 Å². The van der Waals surface area contributed by atoms with Gasteiger partial charge in [-0.25, -0.2) is 9.37 Å². The monoisotopic (exact) mass is 365 g/mol. The van der Waals surface area contributed by atoms with Crippen molar-refractivity contribution in [2.75, 3.05) is 24.6 Å². The highest BCUT2D eigenvalue weighted by Crippen LogP contribution is 2.31. The zero-order valence-electron chi connectivity index (χ0n) is 15.0. The van der Waals surface area contributed by atoms with Crippen LogP contribution in [0.1, 0.15) is 12.5 Å². The third-order valence-electron chi connectivity index (χ3n) is 4.60. The van der Waals surface area contributed by atoms with Gasteiger partial charge in [-0.05, 0) is 36.8 Å². The Kier molecular flexibility index (Phi) is 4.73. The van der Waals surface area contributed by atoms with Crippen LogP contribution in [0, 0.1) is 5.82 Å². The lowest BCUT2D eigenvalue weighted by Crippen LogP contribution is -2.48. The first kappa shape index (κ1) is 17.4. The molecule has 1 atom stereocenters. The molecule has 1 aromatic heterocycles. The second-order valence-corrected chi connectivity index (χ2v) is 6.62. The molecular formula is C21H20FN3O2. The van der Waals surface area contributed by atoms with Crippen LogP contribution in [0.5, 0.6) is 11.6 Å². The Morgan fingerprint density at radius 2 is 1.85 bits per heavy atom. The summed E-state index contributed by atoms with van der Waals surface area (Å²) >= 11 is 0. The Morgan fingerprint density at radius 1 is 1.07 bits per heavy atom. The van der Waals surface area contributed by atoms with Gasteiger partial charge in [-0.3, -0.25) is 0 Å². The predicted molar refractivity (Wildman–Crippen MR) is 100 cm³/mol. The minimum atomic E-state index is -0.434. The smallest absolute Gasteiger partial charge is 0.228 e. The molecule has 6 heteroatoms. The van der Waals surface area contributed by atoms with E-state index in [2.05, 4.69) is 33.9 Å².